The molecule has 0 aliphatic carbocycles. The van der Waals surface area contributed by atoms with E-state index in [1.165, 1.54) is 22.5 Å². The van der Waals surface area contributed by atoms with Gasteiger partial charge in [-0.2, -0.15) is 0 Å². The molecule has 3 rings (SSSR count). The second kappa shape index (κ2) is 3.91. The fourth-order valence-electron chi connectivity index (χ4n) is 2.74. The molecule has 0 fully saturated rings. The van der Waals surface area contributed by atoms with Crippen molar-refractivity contribution in [2.45, 2.75) is 6.42 Å². The van der Waals surface area contributed by atoms with Crippen LogP contribution in [-0.4, -0.2) is 17.0 Å². The van der Waals surface area contributed by atoms with Crippen molar-refractivity contribution in [1.82, 2.24) is 9.88 Å². The minimum atomic E-state index is -0.421. The number of carbonyl (C=O) groups is 1. The molecule has 4 nitrogen and oxygen atoms in total. The summed E-state index contributed by atoms with van der Waals surface area (Å²) in [5.74, 6) is -0.421. The van der Waals surface area contributed by atoms with Crippen molar-refractivity contribution < 1.29 is 4.79 Å². The van der Waals surface area contributed by atoms with E-state index in [2.05, 4.69) is 22.0 Å². The number of para-hydroxylation sites is 1. The normalized spacial score (nSPS) is 16.6. The van der Waals surface area contributed by atoms with Crippen molar-refractivity contribution in [1.29, 1.82) is 0 Å². The topological polar surface area (TPSA) is 60.1 Å². The number of fused-ring (bicyclic) bond motifs is 3. The Morgan fingerprint density at radius 3 is 3.00 bits per heavy atom. The van der Waals surface area contributed by atoms with Gasteiger partial charge >= 0.3 is 0 Å². The molecule has 4 heteroatoms. The molecule has 0 bridgehead atoms. The van der Waals surface area contributed by atoms with E-state index in [9.17, 15) is 4.79 Å². The number of aryl methyl sites for hydroxylation is 1. The predicted molar refractivity (Wildman–Crippen MR) is 71.8 cm³/mol. The number of carbonyl (C=O) groups excluding carboxylic acids is 1. The van der Waals surface area contributed by atoms with E-state index in [1.807, 2.05) is 19.2 Å². The first kappa shape index (κ1) is 10.9. The van der Waals surface area contributed by atoms with Gasteiger partial charge in [0, 0.05) is 30.6 Å². The zero-order valence-electron chi connectivity index (χ0n) is 10.2. The number of benzene rings is 1. The van der Waals surface area contributed by atoms with Crippen LogP contribution in [0.15, 0.2) is 30.3 Å². The summed E-state index contributed by atoms with van der Waals surface area (Å²) in [5, 5.41) is 4.50. The minimum Gasteiger partial charge on any atom is -0.383 e. The standard InChI is InChI=1S/C14H15N3O/c1-17-12-5-3-2-4-9(12)10-6-7-16-11(14(10)17)8-13(15)18/h2-5,8,16H,6-7H2,1H3,(H2,15,18)/b11-8-. The van der Waals surface area contributed by atoms with Crippen molar-refractivity contribution in [2.24, 2.45) is 12.8 Å². The molecule has 18 heavy (non-hydrogen) atoms. The van der Waals surface area contributed by atoms with Crippen molar-refractivity contribution in [2.75, 3.05) is 6.54 Å². The van der Waals surface area contributed by atoms with Gasteiger partial charge < -0.3 is 15.6 Å². The summed E-state index contributed by atoms with van der Waals surface area (Å²) in [6.07, 6.45) is 2.43. The second-order valence-electron chi connectivity index (χ2n) is 4.54. The molecule has 0 spiro atoms. The number of aromatic nitrogens is 1. The van der Waals surface area contributed by atoms with Crippen LogP contribution in [0, 0.1) is 0 Å². The van der Waals surface area contributed by atoms with Crippen LogP contribution in [0.25, 0.3) is 16.6 Å². The van der Waals surface area contributed by atoms with E-state index < -0.39 is 5.91 Å². The van der Waals surface area contributed by atoms with Crippen molar-refractivity contribution in [3.8, 4) is 0 Å². The highest BCUT2D eigenvalue weighted by Crippen LogP contribution is 2.31. The smallest absolute Gasteiger partial charge is 0.243 e. The van der Waals surface area contributed by atoms with Gasteiger partial charge in [-0.1, -0.05) is 18.2 Å². The number of nitrogens with two attached hydrogens (primary N) is 1. The first-order valence-corrected chi connectivity index (χ1v) is 6.00. The largest absolute Gasteiger partial charge is 0.383 e. The Morgan fingerprint density at radius 2 is 2.22 bits per heavy atom. The number of primary amides is 1. The number of amides is 1. The maximum absolute atomic E-state index is 11.1. The maximum atomic E-state index is 11.1. The average Bonchev–Trinajstić information content (AvgIpc) is 2.65. The lowest BCUT2D eigenvalue weighted by Crippen LogP contribution is -2.25. The third-order valence-electron chi connectivity index (χ3n) is 3.44. The van der Waals surface area contributed by atoms with Crippen LogP contribution in [0.3, 0.4) is 0 Å². The molecule has 0 radical (unpaired) electrons. The summed E-state index contributed by atoms with van der Waals surface area (Å²) in [5.41, 5.74) is 9.63. The van der Waals surface area contributed by atoms with Crippen LogP contribution in [0.5, 0.6) is 0 Å². The van der Waals surface area contributed by atoms with E-state index >= 15 is 0 Å². The molecule has 0 saturated carbocycles. The lowest BCUT2D eigenvalue weighted by Gasteiger charge is -2.19. The van der Waals surface area contributed by atoms with Gasteiger partial charge in [-0.05, 0) is 18.1 Å². The lowest BCUT2D eigenvalue weighted by atomic mass is 10.0. The molecule has 2 heterocycles. The molecule has 3 N–H and O–H groups in total. The fraction of sp³-hybridized carbons (Fsp3) is 0.214. The van der Waals surface area contributed by atoms with Gasteiger partial charge in [-0.15, -0.1) is 0 Å². The first-order chi connectivity index (χ1) is 8.68. The maximum Gasteiger partial charge on any atom is 0.243 e. The zero-order valence-corrected chi connectivity index (χ0v) is 10.2. The molecule has 0 saturated heterocycles. The van der Waals surface area contributed by atoms with Gasteiger partial charge in [-0.25, -0.2) is 0 Å². The molecular formula is C14H15N3O. The molecule has 0 atom stereocenters. The van der Waals surface area contributed by atoms with Gasteiger partial charge in [0.25, 0.3) is 0 Å². The van der Waals surface area contributed by atoms with Crippen molar-refractivity contribution in [3.63, 3.8) is 0 Å². The van der Waals surface area contributed by atoms with E-state index in [4.69, 9.17) is 5.73 Å². The Balaban J connectivity index is 2.33. The van der Waals surface area contributed by atoms with Crippen LogP contribution < -0.4 is 11.1 Å². The Kier molecular flexibility index (Phi) is 2.37. The number of rotatable bonds is 1. The third-order valence-corrected chi connectivity index (χ3v) is 3.44. The van der Waals surface area contributed by atoms with Crippen molar-refractivity contribution in [3.05, 3.63) is 41.6 Å². The van der Waals surface area contributed by atoms with E-state index in [1.54, 1.807) is 0 Å². The summed E-state index contributed by atoms with van der Waals surface area (Å²) in [7, 11) is 2.02. The van der Waals surface area contributed by atoms with Gasteiger partial charge in [0.05, 0.1) is 11.4 Å². The molecule has 1 amide bonds. The number of hydrogen-bond donors (Lipinski definition) is 2. The fourth-order valence-corrected chi connectivity index (χ4v) is 2.74. The predicted octanol–water partition coefficient (Wildman–Crippen LogP) is 1.15. The van der Waals surface area contributed by atoms with Crippen LogP contribution in [-0.2, 0) is 18.3 Å². The molecule has 1 aromatic carbocycles. The molecule has 1 aromatic heterocycles. The van der Waals surface area contributed by atoms with Gasteiger partial charge in [-0.3, -0.25) is 4.79 Å². The molecule has 1 aliphatic heterocycles. The van der Waals surface area contributed by atoms with E-state index in [-0.39, 0.29) is 0 Å². The Morgan fingerprint density at radius 1 is 1.44 bits per heavy atom. The number of nitrogens with one attached hydrogen (secondary N) is 1. The third kappa shape index (κ3) is 1.49. The van der Waals surface area contributed by atoms with Crippen LogP contribution in [0.2, 0.25) is 0 Å². The summed E-state index contributed by atoms with van der Waals surface area (Å²) in [6, 6.07) is 8.29. The summed E-state index contributed by atoms with van der Waals surface area (Å²) < 4.78 is 2.12. The summed E-state index contributed by atoms with van der Waals surface area (Å²) >= 11 is 0. The SMILES string of the molecule is Cn1c2c(c3ccccc31)CCN/C2=C\C(N)=O. The molecular weight excluding hydrogens is 226 g/mol. The highest BCUT2D eigenvalue weighted by atomic mass is 16.1. The molecule has 2 aromatic rings. The second-order valence-corrected chi connectivity index (χ2v) is 4.54. The van der Waals surface area contributed by atoms with Crippen LogP contribution in [0.4, 0.5) is 0 Å². The van der Waals surface area contributed by atoms with E-state index in [0.717, 1.165) is 24.4 Å². The first-order valence-electron chi connectivity index (χ1n) is 6.00. The molecule has 0 unspecified atom stereocenters. The molecule has 92 valence electrons. The number of nitrogens with zero attached hydrogens (tertiary/aromatic N) is 1. The summed E-state index contributed by atoms with van der Waals surface area (Å²) in [4.78, 5) is 11.1. The van der Waals surface area contributed by atoms with E-state index in [0.29, 0.717) is 0 Å². The van der Waals surface area contributed by atoms with Gasteiger partial charge in [0.15, 0.2) is 0 Å². The lowest BCUT2D eigenvalue weighted by molar-refractivity contribution is -0.113. The quantitative estimate of drug-likeness (QED) is 0.736. The number of hydrogen-bond acceptors (Lipinski definition) is 2. The Labute approximate surface area is 105 Å². The van der Waals surface area contributed by atoms with Crippen LogP contribution >= 0.6 is 0 Å². The average molecular weight is 241 g/mol. The highest BCUT2D eigenvalue weighted by Gasteiger charge is 2.21. The van der Waals surface area contributed by atoms with Gasteiger partial charge in [0.2, 0.25) is 5.91 Å². The monoisotopic (exact) mass is 241 g/mol. The summed E-state index contributed by atoms with van der Waals surface area (Å²) in [6.45, 7) is 0.833. The minimum absolute atomic E-state index is 0.421. The highest BCUT2D eigenvalue weighted by molar-refractivity contribution is 5.97. The van der Waals surface area contributed by atoms with Crippen molar-refractivity contribution >= 4 is 22.5 Å². The Bertz CT molecular complexity index is 667. The zero-order chi connectivity index (χ0) is 12.7. The van der Waals surface area contributed by atoms with Gasteiger partial charge in [0.1, 0.15) is 0 Å². The van der Waals surface area contributed by atoms with Crippen LogP contribution in [0.1, 0.15) is 11.3 Å². The Hall–Kier alpha value is -2.23. The molecule has 1 aliphatic rings.